The van der Waals surface area contributed by atoms with Crippen molar-refractivity contribution in [2.24, 2.45) is 0 Å². The Morgan fingerprint density at radius 2 is 1.34 bits per heavy atom. The molecular weight excluding hydrogens is 448 g/mol. The van der Waals surface area contributed by atoms with Gasteiger partial charge in [0.2, 0.25) is 0 Å². The standard InChI is InChI=1S/C24H15ClN2O4S/c25-15-6-5-7-16(14-15)26-32(30,31)22-13-12-21(17-8-1-2-9-18(17)22)27-23(28)19-10-3-4-11-20(19)24(27)29/h1-14,26H. The second-order valence-corrected chi connectivity index (χ2v) is 9.32. The first-order valence-electron chi connectivity index (χ1n) is 9.65. The van der Waals surface area contributed by atoms with Crippen molar-refractivity contribution in [2.45, 2.75) is 4.90 Å². The number of hydrogen-bond acceptors (Lipinski definition) is 4. The van der Waals surface area contributed by atoms with Gasteiger partial charge in [-0.15, -0.1) is 0 Å². The van der Waals surface area contributed by atoms with E-state index in [-0.39, 0.29) is 4.90 Å². The molecule has 0 aliphatic carbocycles. The topological polar surface area (TPSA) is 83.6 Å². The third-order valence-electron chi connectivity index (χ3n) is 5.26. The van der Waals surface area contributed by atoms with Crippen molar-refractivity contribution in [2.75, 3.05) is 9.62 Å². The van der Waals surface area contributed by atoms with Gasteiger partial charge in [-0.1, -0.05) is 54.1 Å². The zero-order chi connectivity index (χ0) is 22.5. The highest BCUT2D eigenvalue weighted by molar-refractivity contribution is 7.93. The van der Waals surface area contributed by atoms with E-state index in [1.807, 2.05) is 0 Å². The van der Waals surface area contributed by atoms with E-state index in [2.05, 4.69) is 4.72 Å². The molecule has 0 spiro atoms. The lowest BCUT2D eigenvalue weighted by Gasteiger charge is -2.18. The minimum Gasteiger partial charge on any atom is -0.280 e. The second-order valence-electron chi connectivity index (χ2n) is 7.24. The molecule has 4 aromatic rings. The van der Waals surface area contributed by atoms with E-state index in [0.29, 0.717) is 38.3 Å². The molecule has 1 aliphatic heterocycles. The van der Waals surface area contributed by atoms with Gasteiger partial charge in [0.25, 0.3) is 21.8 Å². The summed E-state index contributed by atoms with van der Waals surface area (Å²) in [7, 11) is -3.97. The van der Waals surface area contributed by atoms with Gasteiger partial charge in [0, 0.05) is 15.8 Å². The molecule has 0 aromatic heterocycles. The summed E-state index contributed by atoms with van der Waals surface area (Å²) < 4.78 is 28.9. The molecular formula is C24H15ClN2O4S. The molecule has 0 atom stereocenters. The molecule has 0 unspecified atom stereocenters. The molecule has 2 amide bonds. The molecule has 8 heteroatoms. The molecule has 158 valence electrons. The fourth-order valence-corrected chi connectivity index (χ4v) is 5.31. The molecule has 0 saturated heterocycles. The normalized spacial score (nSPS) is 13.5. The molecule has 1 N–H and O–H groups in total. The first-order valence-corrected chi connectivity index (χ1v) is 11.5. The van der Waals surface area contributed by atoms with Gasteiger partial charge in [0.05, 0.1) is 27.4 Å². The van der Waals surface area contributed by atoms with Crippen LogP contribution in [0.15, 0.2) is 89.8 Å². The van der Waals surface area contributed by atoms with Crippen LogP contribution in [-0.4, -0.2) is 20.2 Å². The predicted molar refractivity (Wildman–Crippen MR) is 124 cm³/mol. The summed E-state index contributed by atoms with van der Waals surface area (Å²) in [6.45, 7) is 0. The fraction of sp³-hybridized carbons (Fsp3) is 0. The number of fused-ring (bicyclic) bond motifs is 2. The number of rotatable bonds is 4. The van der Waals surface area contributed by atoms with Crippen LogP contribution in [0.4, 0.5) is 11.4 Å². The number of carbonyl (C=O) groups excluding carboxylic acids is 2. The molecule has 1 heterocycles. The summed E-state index contributed by atoms with van der Waals surface area (Å²) in [5, 5.41) is 1.25. The van der Waals surface area contributed by atoms with Crippen molar-refractivity contribution in [3.63, 3.8) is 0 Å². The SMILES string of the molecule is O=C1c2ccccc2C(=O)N1c1ccc(S(=O)(=O)Nc2cccc(Cl)c2)c2ccccc12. The zero-order valence-corrected chi connectivity index (χ0v) is 18.0. The number of carbonyl (C=O) groups is 2. The van der Waals surface area contributed by atoms with Gasteiger partial charge in [-0.3, -0.25) is 14.3 Å². The maximum Gasteiger partial charge on any atom is 0.266 e. The molecule has 0 fully saturated rings. The summed E-state index contributed by atoms with van der Waals surface area (Å²) in [6, 6.07) is 22.6. The van der Waals surface area contributed by atoms with E-state index in [9.17, 15) is 18.0 Å². The molecule has 0 bridgehead atoms. The Bertz CT molecular complexity index is 1500. The first-order chi connectivity index (χ1) is 15.4. The number of imide groups is 1. The lowest BCUT2D eigenvalue weighted by atomic mass is 10.1. The zero-order valence-electron chi connectivity index (χ0n) is 16.4. The highest BCUT2D eigenvalue weighted by atomic mass is 35.5. The van der Waals surface area contributed by atoms with Crippen LogP contribution in [0, 0.1) is 0 Å². The van der Waals surface area contributed by atoms with Gasteiger partial charge < -0.3 is 0 Å². The Labute approximate surface area is 189 Å². The van der Waals surface area contributed by atoms with E-state index in [1.54, 1.807) is 66.7 Å². The first kappa shape index (κ1) is 20.2. The second kappa shape index (κ2) is 7.47. The predicted octanol–water partition coefficient (Wildman–Crippen LogP) is 5.09. The molecule has 5 rings (SSSR count). The van der Waals surface area contributed by atoms with Crippen molar-refractivity contribution < 1.29 is 18.0 Å². The average molecular weight is 463 g/mol. The van der Waals surface area contributed by atoms with Crippen molar-refractivity contribution in [1.29, 1.82) is 0 Å². The number of hydrogen-bond donors (Lipinski definition) is 1. The largest absolute Gasteiger partial charge is 0.280 e. The third kappa shape index (κ3) is 3.23. The number of halogens is 1. The minimum absolute atomic E-state index is 0.0217. The Kier molecular flexibility index (Phi) is 4.73. The Morgan fingerprint density at radius 1 is 0.719 bits per heavy atom. The molecule has 32 heavy (non-hydrogen) atoms. The van der Waals surface area contributed by atoms with Gasteiger partial charge in [-0.2, -0.15) is 0 Å². The van der Waals surface area contributed by atoms with Crippen LogP contribution in [0.3, 0.4) is 0 Å². The number of nitrogens with zero attached hydrogens (tertiary/aromatic N) is 1. The van der Waals surface area contributed by atoms with Crippen LogP contribution < -0.4 is 9.62 Å². The van der Waals surface area contributed by atoms with Crippen LogP contribution in [0.1, 0.15) is 20.7 Å². The number of amides is 2. The van der Waals surface area contributed by atoms with Crippen LogP contribution in [0.2, 0.25) is 5.02 Å². The monoisotopic (exact) mass is 462 g/mol. The number of benzene rings is 4. The maximum absolute atomic E-state index is 13.2. The van der Waals surface area contributed by atoms with E-state index in [1.165, 1.54) is 18.2 Å². The van der Waals surface area contributed by atoms with Crippen LogP contribution in [-0.2, 0) is 10.0 Å². The quantitative estimate of drug-likeness (QED) is 0.428. The summed E-state index contributed by atoms with van der Waals surface area (Å²) >= 11 is 5.97. The van der Waals surface area contributed by atoms with Crippen molar-refractivity contribution in [1.82, 2.24) is 0 Å². The van der Waals surface area contributed by atoms with Gasteiger partial charge in [-0.05, 0) is 42.5 Å². The third-order valence-corrected chi connectivity index (χ3v) is 6.94. The van der Waals surface area contributed by atoms with E-state index < -0.39 is 21.8 Å². The van der Waals surface area contributed by atoms with Crippen LogP contribution in [0.25, 0.3) is 10.8 Å². The number of anilines is 2. The van der Waals surface area contributed by atoms with Gasteiger partial charge in [0.15, 0.2) is 0 Å². The van der Waals surface area contributed by atoms with Gasteiger partial charge >= 0.3 is 0 Å². The van der Waals surface area contributed by atoms with Gasteiger partial charge in [0.1, 0.15) is 0 Å². The smallest absolute Gasteiger partial charge is 0.266 e. The van der Waals surface area contributed by atoms with Crippen molar-refractivity contribution >= 4 is 55.6 Å². The van der Waals surface area contributed by atoms with Crippen molar-refractivity contribution in [3.8, 4) is 0 Å². The van der Waals surface area contributed by atoms with E-state index in [0.717, 1.165) is 4.90 Å². The average Bonchev–Trinajstić information content (AvgIpc) is 3.03. The van der Waals surface area contributed by atoms with Crippen LogP contribution in [0.5, 0.6) is 0 Å². The lowest BCUT2D eigenvalue weighted by Crippen LogP contribution is -2.29. The Morgan fingerprint density at radius 3 is 2.00 bits per heavy atom. The van der Waals surface area contributed by atoms with Crippen molar-refractivity contribution in [3.05, 3.63) is 101 Å². The summed E-state index contributed by atoms with van der Waals surface area (Å²) in [6.07, 6.45) is 0. The molecule has 1 aliphatic rings. The highest BCUT2D eigenvalue weighted by Crippen LogP contribution is 2.36. The minimum atomic E-state index is -3.97. The lowest BCUT2D eigenvalue weighted by molar-refractivity contribution is 0.0926. The number of sulfonamides is 1. The highest BCUT2D eigenvalue weighted by Gasteiger charge is 2.37. The van der Waals surface area contributed by atoms with Gasteiger partial charge in [-0.25, -0.2) is 13.3 Å². The molecule has 0 saturated carbocycles. The van der Waals surface area contributed by atoms with E-state index >= 15 is 0 Å². The molecule has 6 nitrogen and oxygen atoms in total. The van der Waals surface area contributed by atoms with Crippen LogP contribution >= 0.6 is 11.6 Å². The Hall–Kier alpha value is -3.68. The maximum atomic E-state index is 13.2. The summed E-state index contributed by atoms with van der Waals surface area (Å²) in [5.74, 6) is -0.883. The summed E-state index contributed by atoms with van der Waals surface area (Å²) in [5.41, 5.74) is 1.29. The fourth-order valence-electron chi connectivity index (χ4n) is 3.85. The Balaban J connectivity index is 1.63. The number of nitrogens with one attached hydrogen (secondary N) is 1. The summed E-state index contributed by atoms with van der Waals surface area (Å²) in [4.78, 5) is 27.0. The molecule has 4 aromatic carbocycles. The van der Waals surface area contributed by atoms with E-state index in [4.69, 9.17) is 11.6 Å². The molecule has 0 radical (unpaired) electrons.